The van der Waals surface area contributed by atoms with Crippen LogP contribution in [0.3, 0.4) is 0 Å². The van der Waals surface area contributed by atoms with Gasteiger partial charge >= 0.3 is 0 Å². The van der Waals surface area contributed by atoms with Crippen LogP contribution in [-0.2, 0) is 6.42 Å². The van der Waals surface area contributed by atoms with Crippen LogP contribution in [-0.4, -0.2) is 29.4 Å². The summed E-state index contributed by atoms with van der Waals surface area (Å²) in [6.45, 7) is 0.337. The van der Waals surface area contributed by atoms with E-state index in [0.717, 1.165) is 17.8 Å². The first-order valence-corrected chi connectivity index (χ1v) is 6.19. The Labute approximate surface area is 115 Å². The molecule has 5 heteroatoms. The topological polar surface area (TPSA) is 33.2 Å². The molecule has 1 aromatic heterocycles. The van der Waals surface area contributed by atoms with Crippen molar-refractivity contribution >= 4 is 5.91 Å². The number of hydrogen-bond acceptors (Lipinski definition) is 2. The summed E-state index contributed by atoms with van der Waals surface area (Å²) in [7, 11) is 1.51. The fourth-order valence-corrected chi connectivity index (χ4v) is 1.82. The summed E-state index contributed by atoms with van der Waals surface area (Å²) >= 11 is 0. The molecule has 1 aromatic carbocycles. The van der Waals surface area contributed by atoms with Gasteiger partial charge in [0.1, 0.15) is 17.2 Å². The summed E-state index contributed by atoms with van der Waals surface area (Å²) < 4.78 is 27.0. The fourth-order valence-electron chi connectivity index (χ4n) is 1.82. The molecule has 2 rings (SSSR count). The van der Waals surface area contributed by atoms with Crippen LogP contribution in [0, 0.1) is 11.6 Å². The van der Waals surface area contributed by atoms with Gasteiger partial charge in [-0.25, -0.2) is 8.78 Å². The molecule has 0 spiro atoms. The number of benzene rings is 1. The van der Waals surface area contributed by atoms with Gasteiger partial charge in [0.25, 0.3) is 5.91 Å². The van der Waals surface area contributed by atoms with E-state index >= 15 is 0 Å². The molecule has 0 atom stereocenters. The Kier molecular flexibility index (Phi) is 4.40. The van der Waals surface area contributed by atoms with E-state index in [1.54, 1.807) is 12.3 Å². The first kappa shape index (κ1) is 14.1. The molecule has 0 aliphatic rings. The zero-order valence-corrected chi connectivity index (χ0v) is 11.0. The minimum Gasteiger partial charge on any atom is -0.341 e. The van der Waals surface area contributed by atoms with Crippen LogP contribution in [0.25, 0.3) is 0 Å². The predicted molar refractivity (Wildman–Crippen MR) is 71.3 cm³/mol. The van der Waals surface area contributed by atoms with Gasteiger partial charge in [0, 0.05) is 31.9 Å². The van der Waals surface area contributed by atoms with E-state index in [1.807, 2.05) is 12.1 Å². The first-order chi connectivity index (χ1) is 9.59. The molecule has 0 saturated heterocycles. The molecule has 3 nitrogen and oxygen atoms in total. The van der Waals surface area contributed by atoms with Crippen LogP contribution >= 0.6 is 0 Å². The van der Waals surface area contributed by atoms with Gasteiger partial charge in [-0.2, -0.15) is 0 Å². The summed E-state index contributed by atoms with van der Waals surface area (Å²) in [5, 5.41) is 0. The second-order valence-electron chi connectivity index (χ2n) is 4.39. The van der Waals surface area contributed by atoms with Crippen LogP contribution in [0.1, 0.15) is 16.1 Å². The standard InChI is InChI=1S/C15H14F2N2O/c1-19(10-8-11-5-2-3-9-18-11)15(20)14-12(16)6-4-7-13(14)17/h2-7,9H,8,10H2,1H3. The number of likely N-dealkylation sites (N-methyl/N-ethyl adjacent to an activating group) is 1. The van der Waals surface area contributed by atoms with E-state index in [0.29, 0.717) is 13.0 Å². The van der Waals surface area contributed by atoms with Crippen molar-refractivity contribution in [3.8, 4) is 0 Å². The monoisotopic (exact) mass is 276 g/mol. The molecule has 0 bridgehead atoms. The Morgan fingerprint density at radius 2 is 1.85 bits per heavy atom. The zero-order valence-electron chi connectivity index (χ0n) is 11.0. The Balaban J connectivity index is 2.06. The normalized spacial score (nSPS) is 10.3. The lowest BCUT2D eigenvalue weighted by Gasteiger charge is -2.17. The number of aromatic nitrogens is 1. The zero-order chi connectivity index (χ0) is 14.5. The molecule has 1 heterocycles. The Morgan fingerprint density at radius 3 is 2.45 bits per heavy atom. The maximum absolute atomic E-state index is 13.5. The lowest BCUT2D eigenvalue weighted by Crippen LogP contribution is -2.30. The van der Waals surface area contributed by atoms with Gasteiger partial charge < -0.3 is 4.90 Å². The quantitative estimate of drug-likeness (QED) is 0.860. The van der Waals surface area contributed by atoms with Gasteiger partial charge in [0.05, 0.1) is 0 Å². The van der Waals surface area contributed by atoms with Crippen molar-refractivity contribution in [2.45, 2.75) is 6.42 Å². The Bertz CT molecular complexity index is 582. The highest BCUT2D eigenvalue weighted by atomic mass is 19.1. The molecule has 2 aromatic rings. The van der Waals surface area contributed by atoms with Crippen molar-refractivity contribution in [2.24, 2.45) is 0 Å². The highest BCUT2D eigenvalue weighted by Crippen LogP contribution is 2.14. The van der Waals surface area contributed by atoms with Crippen molar-refractivity contribution in [3.63, 3.8) is 0 Å². The second-order valence-corrected chi connectivity index (χ2v) is 4.39. The molecule has 0 saturated carbocycles. The van der Waals surface area contributed by atoms with Crippen LogP contribution in [0.2, 0.25) is 0 Å². The summed E-state index contributed by atoms with van der Waals surface area (Å²) in [6.07, 6.45) is 2.19. The van der Waals surface area contributed by atoms with Crippen LogP contribution in [0.15, 0.2) is 42.6 Å². The molecule has 0 radical (unpaired) electrons. The molecule has 20 heavy (non-hydrogen) atoms. The minimum atomic E-state index is -0.848. The number of amides is 1. The van der Waals surface area contributed by atoms with Crippen molar-refractivity contribution < 1.29 is 13.6 Å². The maximum atomic E-state index is 13.5. The van der Waals surface area contributed by atoms with E-state index in [4.69, 9.17) is 0 Å². The average molecular weight is 276 g/mol. The molecule has 0 unspecified atom stereocenters. The molecule has 0 aliphatic heterocycles. The molecule has 0 aliphatic carbocycles. The molecule has 0 N–H and O–H groups in total. The number of carbonyl (C=O) groups is 1. The largest absolute Gasteiger partial charge is 0.341 e. The predicted octanol–water partition coefficient (Wildman–Crippen LogP) is 2.67. The van der Waals surface area contributed by atoms with Gasteiger partial charge in [-0.05, 0) is 24.3 Å². The number of halogens is 2. The molecule has 104 valence electrons. The van der Waals surface area contributed by atoms with Crippen molar-refractivity contribution in [2.75, 3.05) is 13.6 Å². The summed E-state index contributed by atoms with van der Waals surface area (Å²) in [5.41, 5.74) is 0.303. The van der Waals surface area contributed by atoms with Gasteiger partial charge in [-0.1, -0.05) is 12.1 Å². The third-order valence-electron chi connectivity index (χ3n) is 2.95. The number of rotatable bonds is 4. The second kappa shape index (κ2) is 6.23. The highest BCUT2D eigenvalue weighted by Gasteiger charge is 2.20. The van der Waals surface area contributed by atoms with Crippen molar-refractivity contribution in [1.82, 2.24) is 9.88 Å². The van der Waals surface area contributed by atoms with E-state index in [1.165, 1.54) is 18.0 Å². The lowest BCUT2D eigenvalue weighted by atomic mass is 10.1. The molecular weight excluding hydrogens is 262 g/mol. The first-order valence-electron chi connectivity index (χ1n) is 6.19. The van der Waals surface area contributed by atoms with Gasteiger partial charge in [0.15, 0.2) is 0 Å². The number of hydrogen-bond donors (Lipinski definition) is 0. The maximum Gasteiger partial charge on any atom is 0.259 e. The average Bonchev–Trinajstić information content (AvgIpc) is 2.45. The van der Waals surface area contributed by atoms with E-state index in [9.17, 15) is 13.6 Å². The van der Waals surface area contributed by atoms with Crippen molar-refractivity contribution in [3.05, 3.63) is 65.5 Å². The van der Waals surface area contributed by atoms with E-state index < -0.39 is 23.1 Å². The summed E-state index contributed by atoms with van der Waals surface area (Å²) in [4.78, 5) is 17.5. The third kappa shape index (κ3) is 3.17. The fraction of sp³-hybridized carbons (Fsp3) is 0.200. The Morgan fingerprint density at radius 1 is 1.15 bits per heavy atom. The lowest BCUT2D eigenvalue weighted by molar-refractivity contribution is 0.0786. The SMILES string of the molecule is CN(CCc1ccccn1)C(=O)c1c(F)cccc1F. The third-order valence-corrected chi connectivity index (χ3v) is 2.95. The van der Waals surface area contributed by atoms with E-state index in [-0.39, 0.29) is 0 Å². The molecule has 1 amide bonds. The minimum absolute atomic E-state index is 0.337. The van der Waals surface area contributed by atoms with Crippen LogP contribution < -0.4 is 0 Å². The number of carbonyl (C=O) groups excluding carboxylic acids is 1. The summed E-state index contributed by atoms with van der Waals surface area (Å²) in [5.74, 6) is -2.36. The van der Waals surface area contributed by atoms with Gasteiger partial charge in [0.2, 0.25) is 0 Å². The Hall–Kier alpha value is -2.30. The number of nitrogens with zero attached hydrogens (tertiary/aromatic N) is 2. The van der Waals surface area contributed by atoms with Gasteiger partial charge in [-0.3, -0.25) is 9.78 Å². The molecular formula is C15H14F2N2O. The van der Waals surface area contributed by atoms with Gasteiger partial charge in [-0.15, -0.1) is 0 Å². The van der Waals surface area contributed by atoms with E-state index in [2.05, 4.69) is 4.98 Å². The highest BCUT2D eigenvalue weighted by molar-refractivity contribution is 5.94. The van der Waals surface area contributed by atoms with Crippen LogP contribution in [0.5, 0.6) is 0 Å². The smallest absolute Gasteiger partial charge is 0.259 e. The number of pyridine rings is 1. The molecule has 0 fully saturated rings. The van der Waals surface area contributed by atoms with Crippen LogP contribution in [0.4, 0.5) is 8.78 Å². The van der Waals surface area contributed by atoms with Crippen molar-refractivity contribution in [1.29, 1.82) is 0 Å². The summed E-state index contributed by atoms with van der Waals surface area (Å²) in [6, 6.07) is 8.86.